The van der Waals surface area contributed by atoms with E-state index in [0.717, 1.165) is 36.3 Å². The molecular formula is C27H29N5O4. The molecule has 0 aliphatic carbocycles. The number of fused-ring (bicyclic) bond motifs is 2. The molecule has 1 aliphatic heterocycles. The van der Waals surface area contributed by atoms with Gasteiger partial charge in [-0.25, -0.2) is 0 Å². The average molecular weight is 488 g/mol. The predicted molar refractivity (Wildman–Crippen MR) is 135 cm³/mol. The number of nitrogens with one attached hydrogen (secondary N) is 1. The molecule has 186 valence electrons. The van der Waals surface area contributed by atoms with Gasteiger partial charge in [0, 0.05) is 50.9 Å². The van der Waals surface area contributed by atoms with Crippen molar-refractivity contribution in [2.75, 3.05) is 20.8 Å². The summed E-state index contributed by atoms with van der Waals surface area (Å²) < 4.78 is 14.0. The number of aryl methyl sites for hydroxylation is 1. The summed E-state index contributed by atoms with van der Waals surface area (Å²) in [6.45, 7) is 2.40. The van der Waals surface area contributed by atoms with Crippen molar-refractivity contribution in [2.24, 2.45) is 7.05 Å². The maximum Gasteiger partial charge on any atom is 0.279 e. The molecule has 0 fully saturated rings. The molecule has 0 saturated carbocycles. The molecule has 3 heterocycles. The molecule has 2 aromatic heterocycles. The average Bonchev–Trinajstić information content (AvgIpc) is 3.36. The second-order valence-electron chi connectivity index (χ2n) is 8.89. The summed E-state index contributed by atoms with van der Waals surface area (Å²) >= 11 is 0. The van der Waals surface area contributed by atoms with Gasteiger partial charge in [0.2, 0.25) is 0 Å². The maximum atomic E-state index is 13.4. The van der Waals surface area contributed by atoms with Crippen LogP contribution in [-0.4, -0.2) is 45.8 Å². The minimum Gasteiger partial charge on any atom is -0.497 e. The molecule has 0 spiro atoms. The topological polar surface area (TPSA) is 90.1 Å². The lowest BCUT2D eigenvalue weighted by Crippen LogP contribution is -2.38. The van der Waals surface area contributed by atoms with Gasteiger partial charge in [-0.15, -0.1) is 0 Å². The van der Waals surface area contributed by atoms with E-state index in [-0.39, 0.29) is 18.0 Å². The van der Waals surface area contributed by atoms with Crippen LogP contribution in [-0.2, 0) is 33.1 Å². The molecule has 0 unspecified atom stereocenters. The Morgan fingerprint density at radius 1 is 1.11 bits per heavy atom. The first-order valence-electron chi connectivity index (χ1n) is 11.8. The van der Waals surface area contributed by atoms with Crippen LogP contribution in [0, 0.1) is 0 Å². The lowest BCUT2D eigenvalue weighted by Gasteiger charge is -2.29. The van der Waals surface area contributed by atoms with Crippen molar-refractivity contribution in [2.45, 2.75) is 26.1 Å². The lowest BCUT2D eigenvalue weighted by atomic mass is 10.1. The van der Waals surface area contributed by atoms with Gasteiger partial charge in [0.05, 0.1) is 26.0 Å². The Morgan fingerprint density at radius 3 is 2.67 bits per heavy atom. The minimum atomic E-state index is -0.314. The Balaban J connectivity index is 1.41. The first kappa shape index (κ1) is 23.6. The molecule has 5 rings (SSSR count). The summed E-state index contributed by atoms with van der Waals surface area (Å²) in [5, 5.41) is 7.22. The third-order valence-corrected chi connectivity index (χ3v) is 6.73. The molecule has 1 aliphatic rings. The number of hydrogen-bond acceptors (Lipinski definition) is 6. The summed E-state index contributed by atoms with van der Waals surface area (Å²) in [6, 6.07) is 15.7. The Kier molecular flexibility index (Phi) is 6.47. The van der Waals surface area contributed by atoms with Gasteiger partial charge < -0.3 is 19.4 Å². The fourth-order valence-electron chi connectivity index (χ4n) is 4.87. The fraction of sp³-hybridized carbons (Fsp3) is 0.296. The van der Waals surface area contributed by atoms with Gasteiger partial charge in [-0.3, -0.25) is 14.5 Å². The first-order chi connectivity index (χ1) is 17.5. The molecule has 4 aromatic rings. The van der Waals surface area contributed by atoms with Gasteiger partial charge in [0.15, 0.2) is 5.65 Å². The van der Waals surface area contributed by atoms with E-state index in [4.69, 9.17) is 9.47 Å². The third-order valence-electron chi connectivity index (χ3n) is 6.73. The summed E-state index contributed by atoms with van der Waals surface area (Å²) in [4.78, 5) is 28.8. The second-order valence-corrected chi connectivity index (χ2v) is 8.89. The normalized spacial score (nSPS) is 13.4. The van der Waals surface area contributed by atoms with Crippen molar-refractivity contribution in [3.8, 4) is 11.5 Å². The predicted octanol–water partition coefficient (Wildman–Crippen LogP) is 2.54. The van der Waals surface area contributed by atoms with E-state index in [0.29, 0.717) is 29.3 Å². The molecule has 2 aromatic carbocycles. The van der Waals surface area contributed by atoms with Crippen LogP contribution in [0.1, 0.15) is 32.7 Å². The number of ether oxygens (including phenoxy) is 2. The van der Waals surface area contributed by atoms with Gasteiger partial charge in [-0.05, 0) is 23.8 Å². The molecule has 0 radical (unpaired) electrons. The van der Waals surface area contributed by atoms with Gasteiger partial charge in [-0.2, -0.15) is 9.61 Å². The smallest absolute Gasteiger partial charge is 0.279 e. The number of aromatic nitrogens is 3. The Bertz CT molecular complexity index is 1480. The van der Waals surface area contributed by atoms with Crippen LogP contribution >= 0.6 is 0 Å². The maximum absolute atomic E-state index is 13.4. The second kappa shape index (κ2) is 9.87. The SMILES string of the molecule is COc1ccc(OC)c(CNC(=O)c2cnn3c(=O)c4c(n(C)c23)CCN(Cc2ccccc2)C4)c1. The monoisotopic (exact) mass is 487 g/mol. The van der Waals surface area contributed by atoms with Crippen molar-refractivity contribution in [3.05, 3.63) is 93.0 Å². The molecular weight excluding hydrogens is 458 g/mol. The van der Waals surface area contributed by atoms with Crippen molar-refractivity contribution < 1.29 is 14.3 Å². The van der Waals surface area contributed by atoms with Crippen LogP contribution < -0.4 is 20.3 Å². The van der Waals surface area contributed by atoms with E-state index in [1.165, 1.54) is 16.3 Å². The zero-order valence-corrected chi connectivity index (χ0v) is 20.7. The highest BCUT2D eigenvalue weighted by molar-refractivity contribution is 5.99. The van der Waals surface area contributed by atoms with E-state index in [1.807, 2.05) is 35.9 Å². The number of nitrogens with zero attached hydrogens (tertiary/aromatic N) is 4. The van der Waals surface area contributed by atoms with Crippen molar-refractivity contribution in [1.82, 2.24) is 24.4 Å². The number of benzene rings is 2. The van der Waals surface area contributed by atoms with Crippen LogP contribution in [0.2, 0.25) is 0 Å². The molecule has 1 N–H and O–H groups in total. The summed E-state index contributed by atoms with van der Waals surface area (Å²) in [5.74, 6) is 1.01. The first-order valence-corrected chi connectivity index (χ1v) is 11.8. The number of methoxy groups -OCH3 is 2. The fourth-order valence-corrected chi connectivity index (χ4v) is 4.87. The Labute approximate surface area is 208 Å². The number of hydrogen-bond donors (Lipinski definition) is 1. The zero-order valence-electron chi connectivity index (χ0n) is 20.7. The Morgan fingerprint density at radius 2 is 1.92 bits per heavy atom. The van der Waals surface area contributed by atoms with E-state index in [1.54, 1.807) is 26.4 Å². The van der Waals surface area contributed by atoms with E-state index >= 15 is 0 Å². The van der Waals surface area contributed by atoms with Crippen molar-refractivity contribution in [3.63, 3.8) is 0 Å². The largest absolute Gasteiger partial charge is 0.497 e. The Hall–Kier alpha value is -4.11. The lowest BCUT2D eigenvalue weighted by molar-refractivity contribution is 0.0952. The van der Waals surface area contributed by atoms with Crippen LogP contribution in [0.25, 0.3) is 5.65 Å². The van der Waals surface area contributed by atoms with Crippen LogP contribution in [0.3, 0.4) is 0 Å². The standard InChI is InChI=1S/C27H29N5O4/c1-30-23-11-12-31(16-18-7-5-4-6-8-18)17-22(23)27(34)32-26(30)21(15-29-32)25(33)28-14-19-13-20(35-2)9-10-24(19)36-3/h4-10,13,15H,11-12,14,16-17H2,1-3H3,(H,28,33). The van der Waals surface area contributed by atoms with Crippen molar-refractivity contribution in [1.29, 1.82) is 0 Å². The highest BCUT2D eigenvalue weighted by atomic mass is 16.5. The van der Waals surface area contributed by atoms with E-state index < -0.39 is 0 Å². The highest BCUT2D eigenvalue weighted by Gasteiger charge is 2.26. The van der Waals surface area contributed by atoms with Gasteiger partial charge in [-0.1, -0.05) is 30.3 Å². The number of carbonyl (C=O) groups is 1. The van der Waals surface area contributed by atoms with Crippen LogP contribution in [0.4, 0.5) is 0 Å². The number of amides is 1. The van der Waals surface area contributed by atoms with Gasteiger partial charge in [0.1, 0.15) is 17.1 Å². The number of carbonyl (C=O) groups excluding carboxylic acids is 1. The van der Waals surface area contributed by atoms with Gasteiger partial charge in [0.25, 0.3) is 11.5 Å². The molecule has 0 bridgehead atoms. The van der Waals surface area contributed by atoms with Gasteiger partial charge >= 0.3 is 0 Å². The number of rotatable bonds is 7. The third kappa shape index (κ3) is 4.33. The molecule has 1 amide bonds. The van der Waals surface area contributed by atoms with Crippen LogP contribution in [0.15, 0.2) is 59.5 Å². The zero-order chi connectivity index (χ0) is 25.2. The minimum absolute atomic E-state index is 0.177. The molecule has 9 nitrogen and oxygen atoms in total. The summed E-state index contributed by atoms with van der Waals surface area (Å²) in [6.07, 6.45) is 2.18. The molecule has 9 heteroatoms. The highest BCUT2D eigenvalue weighted by Crippen LogP contribution is 2.24. The van der Waals surface area contributed by atoms with Crippen LogP contribution in [0.5, 0.6) is 11.5 Å². The summed E-state index contributed by atoms with van der Waals surface area (Å²) in [5.41, 5.74) is 4.33. The molecule has 0 saturated heterocycles. The molecule has 0 atom stereocenters. The quantitative estimate of drug-likeness (QED) is 0.431. The van der Waals surface area contributed by atoms with E-state index in [9.17, 15) is 9.59 Å². The molecule has 36 heavy (non-hydrogen) atoms. The summed E-state index contributed by atoms with van der Waals surface area (Å²) in [7, 11) is 5.06. The van der Waals surface area contributed by atoms with Crippen molar-refractivity contribution >= 4 is 11.6 Å². The van der Waals surface area contributed by atoms with E-state index in [2.05, 4.69) is 27.4 Å².